The van der Waals surface area contributed by atoms with Crippen LogP contribution in [0.5, 0.6) is 0 Å². The van der Waals surface area contributed by atoms with Gasteiger partial charge in [0.2, 0.25) is 0 Å². The minimum atomic E-state index is -0.383. The van der Waals surface area contributed by atoms with Crippen LogP contribution >= 0.6 is 0 Å². The highest BCUT2D eigenvalue weighted by atomic mass is 16.2. The lowest BCUT2D eigenvalue weighted by molar-refractivity contribution is 0.0952. The van der Waals surface area contributed by atoms with Crippen LogP contribution in [0.4, 0.5) is 0 Å². The zero-order chi connectivity index (χ0) is 11.3. The molecule has 0 aliphatic rings. The third-order valence-corrected chi connectivity index (χ3v) is 1.92. The van der Waals surface area contributed by atoms with Gasteiger partial charge in [0.15, 0.2) is 0 Å². The Bertz CT molecular complexity index is 454. The number of terminal acetylenes is 1. The van der Waals surface area contributed by atoms with E-state index in [2.05, 4.69) is 11.2 Å². The number of aryl methyl sites for hydroxylation is 1. The van der Waals surface area contributed by atoms with Crippen molar-refractivity contribution in [2.75, 3.05) is 6.54 Å². The number of nitrogens with zero attached hydrogens (tertiary/aromatic N) is 1. The molecule has 0 fully saturated rings. The van der Waals surface area contributed by atoms with Crippen LogP contribution in [0.25, 0.3) is 0 Å². The molecule has 0 spiro atoms. The summed E-state index contributed by atoms with van der Waals surface area (Å²) in [5, 5.41) is 2.57. The molecule has 0 saturated carbocycles. The number of amides is 1. The molecule has 0 unspecified atom stereocenters. The molecule has 4 nitrogen and oxygen atoms in total. The summed E-state index contributed by atoms with van der Waals surface area (Å²) in [5.74, 6) is 2.02. The Morgan fingerprint density at radius 1 is 1.67 bits per heavy atom. The highest BCUT2D eigenvalue weighted by Crippen LogP contribution is 1.90. The van der Waals surface area contributed by atoms with Gasteiger partial charge in [-0.2, -0.15) is 0 Å². The fourth-order valence-corrected chi connectivity index (χ4v) is 1.11. The molecule has 0 saturated heterocycles. The number of pyridine rings is 1. The van der Waals surface area contributed by atoms with Crippen molar-refractivity contribution in [3.63, 3.8) is 0 Å². The van der Waals surface area contributed by atoms with Crippen molar-refractivity contribution in [1.29, 1.82) is 0 Å². The molecule has 0 radical (unpaired) electrons. The van der Waals surface area contributed by atoms with Crippen molar-refractivity contribution in [1.82, 2.24) is 9.88 Å². The van der Waals surface area contributed by atoms with Gasteiger partial charge in [-0.15, -0.1) is 12.3 Å². The molecule has 0 aliphatic heterocycles. The molecule has 78 valence electrons. The van der Waals surface area contributed by atoms with Gasteiger partial charge in [-0.3, -0.25) is 9.59 Å². The predicted octanol–water partition coefficient (Wildman–Crippen LogP) is 0.138. The largest absolute Gasteiger partial charge is 0.351 e. The number of carbonyl (C=O) groups is 1. The Labute approximate surface area is 87.9 Å². The van der Waals surface area contributed by atoms with Crippen LogP contribution < -0.4 is 10.9 Å². The minimum absolute atomic E-state index is 0.136. The average molecular weight is 204 g/mol. The number of carbonyl (C=O) groups excluding carboxylic acids is 1. The monoisotopic (exact) mass is 204 g/mol. The van der Waals surface area contributed by atoms with Crippen LogP contribution in [-0.2, 0) is 7.05 Å². The molecular weight excluding hydrogens is 192 g/mol. The Hall–Kier alpha value is -2.02. The summed E-state index contributed by atoms with van der Waals surface area (Å²) in [4.78, 5) is 23.0. The molecular formula is C11H12N2O2. The fraction of sp³-hybridized carbons (Fsp3) is 0.273. The van der Waals surface area contributed by atoms with Gasteiger partial charge >= 0.3 is 0 Å². The number of rotatable bonds is 3. The SMILES string of the molecule is C#CCCNC(=O)c1cccn(C)c1=O. The van der Waals surface area contributed by atoms with Crippen molar-refractivity contribution < 1.29 is 4.79 Å². The molecule has 0 aromatic carbocycles. The topological polar surface area (TPSA) is 51.1 Å². The zero-order valence-corrected chi connectivity index (χ0v) is 8.49. The van der Waals surface area contributed by atoms with Gasteiger partial charge in [0.05, 0.1) is 0 Å². The number of aromatic nitrogens is 1. The lowest BCUT2D eigenvalue weighted by Gasteiger charge is -2.03. The van der Waals surface area contributed by atoms with E-state index in [9.17, 15) is 9.59 Å². The molecule has 1 heterocycles. The summed E-state index contributed by atoms with van der Waals surface area (Å²) >= 11 is 0. The van der Waals surface area contributed by atoms with Gasteiger partial charge in [-0.25, -0.2) is 0 Å². The third-order valence-electron chi connectivity index (χ3n) is 1.92. The van der Waals surface area contributed by atoms with Crippen molar-refractivity contribution in [2.24, 2.45) is 7.05 Å². The Balaban J connectivity index is 2.80. The summed E-state index contributed by atoms with van der Waals surface area (Å²) in [6.07, 6.45) is 7.10. The predicted molar refractivity (Wildman–Crippen MR) is 57.5 cm³/mol. The normalized spacial score (nSPS) is 9.33. The maximum absolute atomic E-state index is 11.5. The van der Waals surface area contributed by atoms with Crippen LogP contribution in [0.15, 0.2) is 23.1 Å². The summed E-state index contributed by atoms with van der Waals surface area (Å²) in [6, 6.07) is 3.14. The first kappa shape index (κ1) is 11.1. The molecule has 1 aromatic rings. The van der Waals surface area contributed by atoms with Gasteiger partial charge in [0, 0.05) is 26.2 Å². The van der Waals surface area contributed by atoms with E-state index in [0.29, 0.717) is 13.0 Å². The van der Waals surface area contributed by atoms with E-state index < -0.39 is 0 Å². The first-order chi connectivity index (χ1) is 7.16. The van der Waals surface area contributed by atoms with Crippen molar-refractivity contribution in [3.8, 4) is 12.3 Å². The van der Waals surface area contributed by atoms with Crippen LogP contribution in [0.3, 0.4) is 0 Å². The zero-order valence-electron chi connectivity index (χ0n) is 8.49. The Morgan fingerprint density at radius 3 is 3.07 bits per heavy atom. The van der Waals surface area contributed by atoms with Gasteiger partial charge < -0.3 is 9.88 Å². The van der Waals surface area contributed by atoms with Gasteiger partial charge in [0.1, 0.15) is 5.56 Å². The summed E-state index contributed by atoms with van der Waals surface area (Å²) in [6.45, 7) is 0.382. The van der Waals surface area contributed by atoms with Crippen molar-refractivity contribution in [3.05, 3.63) is 34.2 Å². The molecule has 1 amide bonds. The minimum Gasteiger partial charge on any atom is -0.351 e. The summed E-state index contributed by atoms with van der Waals surface area (Å²) in [7, 11) is 1.60. The maximum atomic E-state index is 11.5. The standard InChI is InChI=1S/C11H12N2O2/c1-3-4-7-12-10(14)9-6-5-8-13(2)11(9)15/h1,5-6,8H,4,7H2,2H3,(H,12,14). The van der Waals surface area contributed by atoms with E-state index in [-0.39, 0.29) is 17.0 Å². The molecule has 1 aromatic heterocycles. The number of hydrogen-bond acceptors (Lipinski definition) is 2. The molecule has 0 bridgehead atoms. The molecule has 0 aliphatic carbocycles. The second kappa shape index (κ2) is 5.01. The van der Waals surface area contributed by atoms with E-state index in [4.69, 9.17) is 6.42 Å². The van der Waals surface area contributed by atoms with E-state index in [1.807, 2.05) is 0 Å². The first-order valence-corrected chi connectivity index (χ1v) is 4.54. The molecule has 0 atom stereocenters. The highest BCUT2D eigenvalue weighted by Gasteiger charge is 2.09. The Morgan fingerprint density at radius 2 is 2.40 bits per heavy atom. The quantitative estimate of drug-likeness (QED) is 0.562. The van der Waals surface area contributed by atoms with E-state index in [0.717, 1.165) is 0 Å². The average Bonchev–Trinajstić information content (AvgIpc) is 2.22. The van der Waals surface area contributed by atoms with E-state index >= 15 is 0 Å². The third kappa shape index (κ3) is 2.71. The van der Waals surface area contributed by atoms with Crippen molar-refractivity contribution in [2.45, 2.75) is 6.42 Å². The van der Waals surface area contributed by atoms with Crippen LogP contribution in [-0.4, -0.2) is 17.0 Å². The molecule has 1 N–H and O–H groups in total. The number of hydrogen-bond donors (Lipinski definition) is 1. The van der Waals surface area contributed by atoms with Crippen molar-refractivity contribution >= 4 is 5.91 Å². The van der Waals surface area contributed by atoms with E-state index in [1.165, 1.54) is 10.6 Å². The Kier molecular flexibility index (Phi) is 3.69. The summed E-state index contributed by atoms with van der Waals surface area (Å²) < 4.78 is 1.36. The first-order valence-electron chi connectivity index (χ1n) is 4.54. The molecule has 4 heteroatoms. The fourth-order valence-electron chi connectivity index (χ4n) is 1.11. The van der Waals surface area contributed by atoms with Crippen LogP contribution in [0.1, 0.15) is 16.8 Å². The van der Waals surface area contributed by atoms with Crippen LogP contribution in [0.2, 0.25) is 0 Å². The smallest absolute Gasteiger partial charge is 0.263 e. The maximum Gasteiger partial charge on any atom is 0.263 e. The highest BCUT2D eigenvalue weighted by molar-refractivity contribution is 5.93. The van der Waals surface area contributed by atoms with Gasteiger partial charge in [-0.05, 0) is 12.1 Å². The molecule has 1 rings (SSSR count). The lowest BCUT2D eigenvalue weighted by atomic mass is 10.2. The van der Waals surface area contributed by atoms with E-state index in [1.54, 1.807) is 19.3 Å². The summed E-state index contributed by atoms with van der Waals surface area (Å²) in [5.41, 5.74) is -0.173. The molecule has 15 heavy (non-hydrogen) atoms. The lowest BCUT2D eigenvalue weighted by Crippen LogP contribution is -2.32. The van der Waals surface area contributed by atoms with Gasteiger partial charge in [0.25, 0.3) is 11.5 Å². The second-order valence-corrected chi connectivity index (χ2v) is 3.05. The van der Waals surface area contributed by atoms with Crippen LogP contribution in [0, 0.1) is 12.3 Å². The number of nitrogens with one attached hydrogen (secondary N) is 1. The van der Waals surface area contributed by atoms with Gasteiger partial charge in [-0.1, -0.05) is 0 Å². The second-order valence-electron chi connectivity index (χ2n) is 3.05.